The molecule has 28 heavy (non-hydrogen) atoms. The van der Waals surface area contributed by atoms with E-state index in [0.29, 0.717) is 12.8 Å². The second kappa shape index (κ2) is 7.98. The van der Waals surface area contributed by atoms with Crippen LogP contribution >= 0.6 is 0 Å². The van der Waals surface area contributed by atoms with Crippen molar-refractivity contribution in [3.63, 3.8) is 0 Å². The van der Waals surface area contributed by atoms with E-state index in [-0.39, 0.29) is 44.9 Å². The van der Waals surface area contributed by atoms with Crippen LogP contribution in [0.15, 0.2) is 29.2 Å². The number of rotatable bonds is 3. The highest BCUT2D eigenvalue weighted by molar-refractivity contribution is 7.89. The van der Waals surface area contributed by atoms with Crippen LogP contribution in [0.1, 0.15) is 25.7 Å². The summed E-state index contributed by atoms with van der Waals surface area (Å²) in [5, 5.41) is 0. The van der Waals surface area contributed by atoms with Crippen molar-refractivity contribution in [1.82, 2.24) is 9.21 Å². The van der Waals surface area contributed by atoms with Crippen LogP contribution in [0.25, 0.3) is 0 Å². The van der Waals surface area contributed by atoms with E-state index in [4.69, 9.17) is 0 Å². The standard InChI is InChI=1S/C18H22F4N2O3S/c19-15-6-1-2-7-16(15)28(26,27)24-10-8-23(9-11-24)17(25)13-4-3-5-14(12-13)18(20,21)22/h1-2,6-7,13-14H,3-5,8-12H2. The minimum Gasteiger partial charge on any atom is -0.340 e. The Hall–Kier alpha value is -1.68. The summed E-state index contributed by atoms with van der Waals surface area (Å²) in [5.41, 5.74) is 0. The molecule has 156 valence electrons. The van der Waals surface area contributed by atoms with Gasteiger partial charge in [0.15, 0.2) is 0 Å². The Bertz CT molecular complexity index is 820. The first-order valence-corrected chi connectivity index (χ1v) is 10.6. The third-order valence-electron chi connectivity index (χ3n) is 5.49. The SMILES string of the molecule is O=C(C1CCCC(C(F)(F)F)C1)N1CCN(S(=O)(=O)c2ccccc2F)CC1. The number of nitrogens with zero attached hydrogens (tertiary/aromatic N) is 2. The van der Waals surface area contributed by atoms with Gasteiger partial charge in [-0.15, -0.1) is 0 Å². The largest absolute Gasteiger partial charge is 0.391 e. The summed E-state index contributed by atoms with van der Waals surface area (Å²) in [6.07, 6.45) is -3.70. The van der Waals surface area contributed by atoms with Gasteiger partial charge < -0.3 is 4.90 Å². The van der Waals surface area contributed by atoms with Crippen LogP contribution in [0, 0.1) is 17.7 Å². The maximum absolute atomic E-state index is 13.9. The Morgan fingerprint density at radius 1 is 1.04 bits per heavy atom. The molecule has 0 N–H and O–H groups in total. The van der Waals surface area contributed by atoms with E-state index >= 15 is 0 Å². The molecule has 3 rings (SSSR count). The Labute approximate surface area is 161 Å². The maximum Gasteiger partial charge on any atom is 0.391 e. The van der Waals surface area contributed by atoms with E-state index in [2.05, 4.69) is 0 Å². The molecule has 2 aliphatic rings. The van der Waals surface area contributed by atoms with Crippen molar-refractivity contribution in [3.8, 4) is 0 Å². The lowest BCUT2D eigenvalue weighted by atomic mass is 9.80. The average Bonchev–Trinajstić information content (AvgIpc) is 2.67. The summed E-state index contributed by atoms with van der Waals surface area (Å²) >= 11 is 0. The van der Waals surface area contributed by atoms with Gasteiger partial charge in [0.1, 0.15) is 10.7 Å². The fraction of sp³-hybridized carbons (Fsp3) is 0.611. The van der Waals surface area contributed by atoms with Crippen molar-refractivity contribution in [2.24, 2.45) is 11.8 Å². The summed E-state index contributed by atoms with van der Waals surface area (Å²) < 4.78 is 79.1. The Kier molecular flexibility index (Phi) is 6.00. The topological polar surface area (TPSA) is 57.7 Å². The van der Waals surface area contributed by atoms with E-state index in [1.807, 2.05) is 0 Å². The van der Waals surface area contributed by atoms with Gasteiger partial charge >= 0.3 is 6.18 Å². The van der Waals surface area contributed by atoms with Gasteiger partial charge in [0.2, 0.25) is 15.9 Å². The summed E-state index contributed by atoms with van der Waals surface area (Å²) in [6.45, 7) is 0.134. The fourth-order valence-electron chi connectivity index (χ4n) is 3.91. The van der Waals surface area contributed by atoms with E-state index in [9.17, 15) is 30.8 Å². The molecule has 5 nitrogen and oxygen atoms in total. The van der Waals surface area contributed by atoms with E-state index < -0.39 is 38.7 Å². The molecule has 2 unspecified atom stereocenters. The molecule has 2 fully saturated rings. The van der Waals surface area contributed by atoms with Gasteiger partial charge in [0.05, 0.1) is 5.92 Å². The summed E-state index contributed by atoms with van der Waals surface area (Å²) in [6, 6.07) is 5.06. The van der Waals surface area contributed by atoms with E-state index in [1.165, 1.54) is 23.1 Å². The van der Waals surface area contributed by atoms with Crippen LogP contribution in [0.5, 0.6) is 0 Å². The highest BCUT2D eigenvalue weighted by atomic mass is 32.2. The number of hydrogen-bond acceptors (Lipinski definition) is 3. The van der Waals surface area contributed by atoms with Gasteiger partial charge in [0.25, 0.3) is 0 Å². The van der Waals surface area contributed by atoms with Gasteiger partial charge in [-0.2, -0.15) is 17.5 Å². The second-order valence-electron chi connectivity index (χ2n) is 7.26. The molecule has 1 heterocycles. The first kappa shape index (κ1) is 21.0. The normalized spacial score (nSPS) is 24.9. The van der Waals surface area contributed by atoms with Crippen LogP contribution in [0.3, 0.4) is 0 Å². The van der Waals surface area contributed by atoms with Gasteiger partial charge in [-0.3, -0.25) is 4.79 Å². The number of amides is 1. The van der Waals surface area contributed by atoms with Crippen molar-refractivity contribution in [3.05, 3.63) is 30.1 Å². The molecule has 10 heteroatoms. The zero-order chi connectivity index (χ0) is 20.5. The number of carbonyl (C=O) groups is 1. The predicted octanol–water partition coefficient (Wildman–Crippen LogP) is 3.03. The molecule has 1 aromatic rings. The molecule has 1 aliphatic carbocycles. The Morgan fingerprint density at radius 2 is 1.68 bits per heavy atom. The zero-order valence-corrected chi connectivity index (χ0v) is 16.0. The van der Waals surface area contributed by atoms with Crippen LogP contribution in [-0.4, -0.2) is 55.9 Å². The van der Waals surface area contributed by atoms with E-state index in [1.54, 1.807) is 0 Å². The fourth-order valence-corrected chi connectivity index (χ4v) is 5.40. The Balaban J connectivity index is 1.62. The Morgan fingerprint density at radius 3 is 2.29 bits per heavy atom. The number of hydrogen-bond donors (Lipinski definition) is 0. The summed E-state index contributed by atoms with van der Waals surface area (Å²) in [4.78, 5) is 13.6. The minimum absolute atomic E-state index is 0.0160. The predicted molar refractivity (Wildman–Crippen MR) is 93.2 cm³/mol. The molecule has 0 radical (unpaired) electrons. The van der Waals surface area contributed by atoms with Gasteiger partial charge in [-0.1, -0.05) is 18.6 Å². The molecule has 1 saturated carbocycles. The molecule has 1 aromatic carbocycles. The van der Waals surface area contributed by atoms with Crippen LogP contribution in [0.4, 0.5) is 17.6 Å². The lowest BCUT2D eigenvalue weighted by Gasteiger charge is -2.38. The van der Waals surface area contributed by atoms with Crippen molar-refractivity contribution in [1.29, 1.82) is 0 Å². The van der Waals surface area contributed by atoms with Crippen LogP contribution in [-0.2, 0) is 14.8 Å². The highest BCUT2D eigenvalue weighted by Crippen LogP contribution is 2.40. The monoisotopic (exact) mass is 422 g/mol. The molecular formula is C18H22F4N2O3S. The number of halogens is 4. The number of alkyl halides is 3. The van der Waals surface area contributed by atoms with Crippen molar-refractivity contribution in [2.75, 3.05) is 26.2 Å². The van der Waals surface area contributed by atoms with Gasteiger partial charge in [-0.25, -0.2) is 12.8 Å². The van der Waals surface area contributed by atoms with Crippen LogP contribution < -0.4 is 0 Å². The molecule has 0 bridgehead atoms. The maximum atomic E-state index is 13.9. The first-order chi connectivity index (χ1) is 13.1. The summed E-state index contributed by atoms with van der Waals surface area (Å²) in [7, 11) is -4.02. The molecule has 1 aliphatic heterocycles. The average molecular weight is 422 g/mol. The molecule has 1 amide bonds. The molecule has 0 spiro atoms. The second-order valence-corrected chi connectivity index (χ2v) is 9.17. The highest BCUT2D eigenvalue weighted by Gasteiger charge is 2.44. The smallest absolute Gasteiger partial charge is 0.340 e. The minimum atomic E-state index is -4.30. The lowest BCUT2D eigenvalue weighted by molar-refractivity contribution is -0.187. The molecule has 0 aromatic heterocycles. The number of carbonyl (C=O) groups excluding carboxylic acids is 1. The lowest BCUT2D eigenvalue weighted by Crippen LogP contribution is -2.52. The molecule has 2 atom stereocenters. The van der Waals surface area contributed by atoms with Crippen molar-refractivity contribution >= 4 is 15.9 Å². The molecular weight excluding hydrogens is 400 g/mol. The molecule has 1 saturated heterocycles. The first-order valence-electron chi connectivity index (χ1n) is 9.21. The van der Waals surface area contributed by atoms with Crippen molar-refractivity contribution in [2.45, 2.75) is 36.8 Å². The quantitative estimate of drug-likeness (QED) is 0.704. The number of sulfonamides is 1. The summed E-state index contributed by atoms with van der Waals surface area (Å²) in [5.74, 6) is -3.34. The number of piperazine rings is 1. The third kappa shape index (κ3) is 4.32. The zero-order valence-electron chi connectivity index (χ0n) is 15.2. The third-order valence-corrected chi connectivity index (χ3v) is 7.42. The van der Waals surface area contributed by atoms with E-state index in [0.717, 1.165) is 10.4 Å². The van der Waals surface area contributed by atoms with Crippen LogP contribution in [0.2, 0.25) is 0 Å². The van der Waals surface area contributed by atoms with Gasteiger partial charge in [-0.05, 0) is 31.4 Å². The van der Waals surface area contributed by atoms with Crippen molar-refractivity contribution < 1.29 is 30.8 Å². The van der Waals surface area contributed by atoms with Gasteiger partial charge in [0, 0.05) is 32.1 Å². The number of benzene rings is 1.